The average Bonchev–Trinajstić information content (AvgIpc) is 3.01. The van der Waals surface area contributed by atoms with Gasteiger partial charge in [-0.2, -0.15) is 0 Å². The Labute approximate surface area is 125 Å². The number of ether oxygens (including phenoxy) is 2. The van der Waals surface area contributed by atoms with Crippen LogP contribution < -0.4 is 5.56 Å². The van der Waals surface area contributed by atoms with Crippen molar-refractivity contribution in [2.24, 2.45) is 0 Å². The molecule has 2 heterocycles. The van der Waals surface area contributed by atoms with Crippen LogP contribution in [0.4, 0.5) is 8.78 Å². The monoisotopic (exact) mass is 310 g/mol. The third kappa shape index (κ3) is 3.15. The molecule has 2 aromatic rings. The quantitative estimate of drug-likeness (QED) is 0.791. The van der Waals surface area contributed by atoms with Crippen LogP contribution in [0.2, 0.25) is 0 Å². The molecule has 1 atom stereocenters. The van der Waals surface area contributed by atoms with Gasteiger partial charge in [0.15, 0.2) is 11.6 Å². The minimum absolute atomic E-state index is 0.109. The number of aromatic nitrogens is 2. The van der Waals surface area contributed by atoms with Crippen LogP contribution in [0.25, 0.3) is 11.0 Å². The van der Waals surface area contributed by atoms with Gasteiger partial charge in [0, 0.05) is 25.3 Å². The van der Waals surface area contributed by atoms with E-state index in [0.29, 0.717) is 6.61 Å². The molecule has 5 nitrogen and oxygen atoms in total. The summed E-state index contributed by atoms with van der Waals surface area (Å²) in [5.74, 6) is -1.99. The zero-order valence-corrected chi connectivity index (χ0v) is 11.9. The van der Waals surface area contributed by atoms with Crippen LogP contribution in [0.15, 0.2) is 23.1 Å². The van der Waals surface area contributed by atoms with Crippen LogP contribution in [-0.2, 0) is 16.0 Å². The number of hydrogen-bond acceptors (Lipinski definition) is 4. The number of fused-ring (bicyclic) bond motifs is 1. The molecule has 0 bridgehead atoms. The fourth-order valence-electron chi connectivity index (χ4n) is 2.54. The van der Waals surface area contributed by atoms with Crippen LogP contribution in [0, 0.1) is 11.6 Å². The highest BCUT2D eigenvalue weighted by molar-refractivity contribution is 5.74. The van der Waals surface area contributed by atoms with E-state index in [-0.39, 0.29) is 35.8 Å². The third-order valence-electron chi connectivity index (χ3n) is 3.68. The molecule has 1 aliphatic rings. The number of hydrogen-bond donors (Lipinski definition) is 0. The summed E-state index contributed by atoms with van der Waals surface area (Å²) in [5, 5.41) is 0. The van der Waals surface area contributed by atoms with Gasteiger partial charge in [0.25, 0.3) is 5.56 Å². The van der Waals surface area contributed by atoms with E-state index < -0.39 is 11.6 Å². The summed E-state index contributed by atoms with van der Waals surface area (Å²) in [4.78, 5) is 15.7. The van der Waals surface area contributed by atoms with Crippen molar-refractivity contribution in [2.75, 3.05) is 19.8 Å². The molecule has 1 fully saturated rings. The topological polar surface area (TPSA) is 53.4 Å². The molecule has 0 spiro atoms. The Morgan fingerprint density at radius 2 is 2.18 bits per heavy atom. The van der Waals surface area contributed by atoms with Crippen molar-refractivity contribution in [2.45, 2.75) is 25.5 Å². The molecule has 7 heteroatoms. The third-order valence-corrected chi connectivity index (χ3v) is 3.68. The summed E-state index contributed by atoms with van der Waals surface area (Å²) in [6, 6.07) is 1.97. The van der Waals surface area contributed by atoms with Crippen molar-refractivity contribution < 1.29 is 18.3 Å². The van der Waals surface area contributed by atoms with Crippen molar-refractivity contribution in [3.05, 3.63) is 40.3 Å². The molecule has 1 aromatic heterocycles. The van der Waals surface area contributed by atoms with Crippen LogP contribution in [0.3, 0.4) is 0 Å². The van der Waals surface area contributed by atoms with E-state index in [9.17, 15) is 13.6 Å². The number of benzene rings is 1. The van der Waals surface area contributed by atoms with Crippen molar-refractivity contribution in [1.82, 2.24) is 9.55 Å². The van der Waals surface area contributed by atoms with Gasteiger partial charge in [-0.05, 0) is 12.8 Å². The zero-order valence-electron chi connectivity index (χ0n) is 11.9. The van der Waals surface area contributed by atoms with Crippen molar-refractivity contribution in [3.8, 4) is 0 Å². The molecule has 1 aliphatic heterocycles. The van der Waals surface area contributed by atoms with Gasteiger partial charge < -0.3 is 14.0 Å². The molecule has 1 aromatic carbocycles. The van der Waals surface area contributed by atoms with E-state index in [0.717, 1.165) is 37.8 Å². The van der Waals surface area contributed by atoms with Crippen LogP contribution in [0.1, 0.15) is 12.8 Å². The van der Waals surface area contributed by atoms with E-state index in [2.05, 4.69) is 4.98 Å². The molecule has 0 amide bonds. The molecule has 0 N–H and O–H groups in total. The first-order chi connectivity index (χ1) is 10.6. The summed E-state index contributed by atoms with van der Waals surface area (Å²) in [5.41, 5.74) is 0.115. The Hall–Kier alpha value is -1.86. The maximum Gasteiger partial charge on any atom is 0.269 e. The van der Waals surface area contributed by atoms with Crippen LogP contribution in [0.5, 0.6) is 0 Å². The fourth-order valence-corrected chi connectivity index (χ4v) is 2.54. The minimum Gasteiger partial charge on any atom is -0.377 e. The van der Waals surface area contributed by atoms with Gasteiger partial charge in [0.1, 0.15) is 0 Å². The largest absolute Gasteiger partial charge is 0.377 e. The molecular formula is C15H16F2N2O3. The first-order valence-corrected chi connectivity index (χ1v) is 7.19. The highest BCUT2D eigenvalue weighted by Crippen LogP contribution is 2.15. The summed E-state index contributed by atoms with van der Waals surface area (Å²) < 4.78 is 38.9. The molecule has 1 saturated heterocycles. The van der Waals surface area contributed by atoms with Gasteiger partial charge in [-0.15, -0.1) is 0 Å². The molecule has 0 aliphatic carbocycles. The smallest absolute Gasteiger partial charge is 0.269 e. The maximum absolute atomic E-state index is 13.4. The van der Waals surface area contributed by atoms with Crippen molar-refractivity contribution >= 4 is 11.0 Å². The van der Waals surface area contributed by atoms with Gasteiger partial charge in [-0.25, -0.2) is 13.8 Å². The first-order valence-electron chi connectivity index (χ1n) is 7.19. The minimum atomic E-state index is -1.01. The lowest BCUT2D eigenvalue weighted by Gasteiger charge is -2.12. The summed E-state index contributed by atoms with van der Waals surface area (Å²) >= 11 is 0. The van der Waals surface area contributed by atoms with E-state index in [4.69, 9.17) is 9.47 Å². The Morgan fingerprint density at radius 3 is 2.95 bits per heavy atom. The number of rotatable bonds is 5. The Morgan fingerprint density at radius 1 is 1.36 bits per heavy atom. The predicted octanol–water partition coefficient (Wildman–Crippen LogP) is 1.87. The molecule has 1 unspecified atom stereocenters. The SMILES string of the molecule is O=c1cnc2cc(F)c(F)cc2n1CCOCC1CCCO1. The van der Waals surface area contributed by atoms with Crippen LogP contribution in [-0.4, -0.2) is 35.5 Å². The Kier molecular flexibility index (Phi) is 4.44. The Balaban J connectivity index is 1.73. The predicted molar refractivity (Wildman–Crippen MR) is 75.7 cm³/mol. The second-order valence-corrected chi connectivity index (χ2v) is 5.21. The van der Waals surface area contributed by atoms with Gasteiger partial charge in [0.05, 0.1) is 36.5 Å². The highest BCUT2D eigenvalue weighted by atomic mass is 19.2. The fraction of sp³-hybridized carbons (Fsp3) is 0.467. The number of halogens is 2. The standard InChI is InChI=1S/C15H16F2N2O3/c16-11-6-13-14(7-12(11)17)19(15(20)8-18-13)3-5-21-9-10-2-1-4-22-10/h6-8,10H,1-5,9H2. The molecule has 0 saturated carbocycles. The highest BCUT2D eigenvalue weighted by Gasteiger charge is 2.15. The lowest BCUT2D eigenvalue weighted by atomic mass is 10.2. The lowest BCUT2D eigenvalue weighted by molar-refractivity contribution is 0.0149. The van der Waals surface area contributed by atoms with Gasteiger partial charge >= 0.3 is 0 Å². The van der Waals surface area contributed by atoms with E-state index in [1.807, 2.05) is 0 Å². The maximum atomic E-state index is 13.4. The molecular weight excluding hydrogens is 294 g/mol. The van der Waals surface area contributed by atoms with Crippen molar-refractivity contribution in [3.63, 3.8) is 0 Å². The second-order valence-electron chi connectivity index (χ2n) is 5.21. The van der Waals surface area contributed by atoms with Gasteiger partial charge in [0.2, 0.25) is 0 Å². The summed E-state index contributed by atoms with van der Waals surface area (Å²) in [6.07, 6.45) is 3.22. The van der Waals surface area contributed by atoms with Crippen LogP contribution >= 0.6 is 0 Å². The second kappa shape index (κ2) is 6.50. The van der Waals surface area contributed by atoms with E-state index in [1.165, 1.54) is 4.57 Å². The van der Waals surface area contributed by atoms with Gasteiger partial charge in [-0.1, -0.05) is 0 Å². The van der Waals surface area contributed by atoms with E-state index in [1.54, 1.807) is 0 Å². The molecule has 22 heavy (non-hydrogen) atoms. The normalized spacial score (nSPS) is 18.2. The zero-order chi connectivity index (χ0) is 15.5. The molecule has 0 radical (unpaired) electrons. The van der Waals surface area contributed by atoms with Gasteiger partial charge in [-0.3, -0.25) is 4.79 Å². The first kappa shape index (κ1) is 15.1. The molecule has 118 valence electrons. The molecule has 3 rings (SSSR count). The summed E-state index contributed by atoms with van der Waals surface area (Å²) in [7, 11) is 0. The lowest BCUT2D eigenvalue weighted by Crippen LogP contribution is -2.24. The van der Waals surface area contributed by atoms with E-state index >= 15 is 0 Å². The van der Waals surface area contributed by atoms with Crippen molar-refractivity contribution in [1.29, 1.82) is 0 Å². The summed E-state index contributed by atoms with van der Waals surface area (Å²) in [6.45, 7) is 1.77. The Bertz CT molecular complexity index is 727. The number of nitrogens with zero attached hydrogens (tertiary/aromatic N) is 2. The average molecular weight is 310 g/mol.